The lowest BCUT2D eigenvalue weighted by molar-refractivity contribution is 0.0602. The maximum Gasteiger partial charge on any atom is 0.339 e. The molecule has 1 amide bonds. The molecule has 1 N–H and O–H groups in total. The summed E-state index contributed by atoms with van der Waals surface area (Å²) in [7, 11) is 1.27. The Balaban J connectivity index is 1.82. The van der Waals surface area contributed by atoms with E-state index in [1.807, 2.05) is 18.2 Å². The van der Waals surface area contributed by atoms with Gasteiger partial charge in [-0.1, -0.05) is 30.3 Å². The summed E-state index contributed by atoms with van der Waals surface area (Å²) in [4.78, 5) is 24.0. The Morgan fingerprint density at radius 1 is 1.00 bits per heavy atom. The fraction of sp³-hybridized carbons (Fsp3) is 0.0588. The third kappa shape index (κ3) is 3.14. The van der Waals surface area contributed by atoms with Gasteiger partial charge in [-0.25, -0.2) is 4.79 Å². The molecule has 0 atom stereocenters. The minimum Gasteiger partial charge on any atom is -0.465 e. The van der Waals surface area contributed by atoms with E-state index in [0.29, 0.717) is 11.3 Å². The Kier molecular flexibility index (Phi) is 4.33. The van der Waals surface area contributed by atoms with Crippen LogP contribution in [0.2, 0.25) is 0 Å². The summed E-state index contributed by atoms with van der Waals surface area (Å²) < 4.78 is 10.1. The number of aromatic nitrogens is 2. The molecule has 0 radical (unpaired) electrons. The minimum absolute atomic E-state index is 0.200. The second-order valence-corrected chi connectivity index (χ2v) is 4.77. The number of benzene rings is 2. The van der Waals surface area contributed by atoms with Crippen LogP contribution < -0.4 is 5.32 Å². The number of nitrogens with zero attached hydrogens (tertiary/aromatic N) is 2. The second-order valence-electron chi connectivity index (χ2n) is 4.77. The van der Waals surface area contributed by atoms with Crippen molar-refractivity contribution in [3.63, 3.8) is 0 Å². The van der Waals surface area contributed by atoms with Gasteiger partial charge < -0.3 is 14.5 Å². The summed E-state index contributed by atoms with van der Waals surface area (Å²) in [6, 6.07) is 15.6. The lowest BCUT2D eigenvalue weighted by atomic mass is 10.2. The number of methoxy groups -OCH3 is 1. The maximum atomic E-state index is 12.3. The first-order valence-electron chi connectivity index (χ1n) is 7.06. The van der Waals surface area contributed by atoms with Gasteiger partial charge in [0.05, 0.1) is 18.4 Å². The predicted molar refractivity (Wildman–Crippen MR) is 85.5 cm³/mol. The highest BCUT2D eigenvalue weighted by Crippen LogP contribution is 2.19. The molecule has 1 heterocycles. The summed E-state index contributed by atoms with van der Waals surface area (Å²) in [6.45, 7) is 0. The number of nitrogens with one attached hydrogen (secondary N) is 1. The highest BCUT2D eigenvalue weighted by atomic mass is 16.5. The monoisotopic (exact) mass is 323 g/mol. The van der Waals surface area contributed by atoms with Crippen molar-refractivity contribution in [2.75, 3.05) is 12.4 Å². The van der Waals surface area contributed by atoms with Crippen LogP contribution in [-0.4, -0.2) is 29.2 Å². The van der Waals surface area contributed by atoms with Crippen molar-refractivity contribution in [1.82, 2.24) is 10.2 Å². The van der Waals surface area contributed by atoms with E-state index in [4.69, 9.17) is 4.42 Å². The van der Waals surface area contributed by atoms with Crippen LogP contribution in [0.3, 0.4) is 0 Å². The zero-order chi connectivity index (χ0) is 16.9. The number of hydrogen-bond donors (Lipinski definition) is 1. The van der Waals surface area contributed by atoms with Crippen molar-refractivity contribution in [2.24, 2.45) is 0 Å². The average Bonchev–Trinajstić information content (AvgIpc) is 3.12. The van der Waals surface area contributed by atoms with Crippen molar-refractivity contribution >= 4 is 17.6 Å². The van der Waals surface area contributed by atoms with Crippen LogP contribution in [0.4, 0.5) is 5.69 Å². The highest BCUT2D eigenvalue weighted by Gasteiger charge is 2.19. The van der Waals surface area contributed by atoms with E-state index >= 15 is 0 Å². The molecule has 0 aliphatic carbocycles. The summed E-state index contributed by atoms with van der Waals surface area (Å²) in [5, 5.41) is 10.2. The summed E-state index contributed by atoms with van der Waals surface area (Å²) in [5.41, 5.74) is 1.24. The molecule has 2 aromatic carbocycles. The Labute approximate surface area is 137 Å². The molecule has 0 spiro atoms. The van der Waals surface area contributed by atoms with Gasteiger partial charge in [-0.2, -0.15) is 0 Å². The normalized spacial score (nSPS) is 10.2. The van der Waals surface area contributed by atoms with Gasteiger partial charge >= 0.3 is 17.8 Å². The molecule has 0 bridgehead atoms. The molecule has 3 aromatic rings. The fourth-order valence-electron chi connectivity index (χ4n) is 2.07. The number of rotatable bonds is 4. The molecule has 1 aromatic heterocycles. The third-order valence-electron chi connectivity index (χ3n) is 3.22. The molecule has 0 saturated heterocycles. The van der Waals surface area contributed by atoms with Gasteiger partial charge in [0.15, 0.2) is 0 Å². The van der Waals surface area contributed by atoms with Gasteiger partial charge in [-0.3, -0.25) is 4.79 Å². The topological polar surface area (TPSA) is 94.3 Å². The zero-order valence-corrected chi connectivity index (χ0v) is 12.7. The molecule has 7 nitrogen and oxygen atoms in total. The molecule has 0 fully saturated rings. The molecule has 7 heteroatoms. The van der Waals surface area contributed by atoms with E-state index < -0.39 is 11.9 Å². The number of carbonyl (C=O) groups is 2. The van der Waals surface area contributed by atoms with Crippen molar-refractivity contribution in [2.45, 2.75) is 0 Å². The summed E-state index contributed by atoms with van der Waals surface area (Å²) >= 11 is 0. The van der Waals surface area contributed by atoms with Crippen molar-refractivity contribution in [3.8, 4) is 11.5 Å². The van der Waals surface area contributed by atoms with Crippen LogP contribution in [0, 0.1) is 0 Å². The second kappa shape index (κ2) is 6.74. The Hall–Kier alpha value is -3.48. The molecular formula is C17H13N3O4. The minimum atomic E-state index is -0.610. The van der Waals surface area contributed by atoms with E-state index in [1.54, 1.807) is 36.4 Å². The first-order valence-corrected chi connectivity index (χ1v) is 7.06. The van der Waals surface area contributed by atoms with Crippen LogP contribution >= 0.6 is 0 Å². The van der Waals surface area contributed by atoms with Gasteiger partial charge in [0, 0.05) is 5.56 Å². The number of carbonyl (C=O) groups excluding carboxylic acids is 2. The molecule has 120 valence electrons. The van der Waals surface area contributed by atoms with Crippen LogP contribution in [0.1, 0.15) is 21.0 Å². The smallest absolute Gasteiger partial charge is 0.339 e. The fourth-order valence-corrected chi connectivity index (χ4v) is 2.07. The number of amides is 1. The Bertz CT molecular complexity index is 874. The van der Waals surface area contributed by atoms with Gasteiger partial charge in [0.25, 0.3) is 0 Å². The first kappa shape index (κ1) is 15.4. The van der Waals surface area contributed by atoms with Crippen LogP contribution in [0.25, 0.3) is 11.5 Å². The molecule has 3 rings (SSSR count). The third-order valence-corrected chi connectivity index (χ3v) is 3.22. The van der Waals surface area contributed by atoms with E-state index in [2.05, 4.69) is 20.3 Å². The van der Waals surface area contributed by atoms with Gasteiger partial charge in [-0.15, -0.1) is 10.2 Å². The number of ether oxygens (including phenoxy) is 1. The van der Waals surface area contributed by atoms with Crippen LogP contribution in [-0.2, 0) is 4.74 Å². The van der Waals surface area contributed by atoms with E-state index in [1.165, 1.54) is 7.11 Å². The van der Waals surface area contributed by atoms with Gasteiger partial charge in [0.2, 0.25) is 5.89 Å². The largest absolute Gasteiger partial charge is 0.465 e. The zero-order valence-electron chi connectivity index (χ0n) is 12.7. The first-order chi connectivity index (χ1) is 11.7. The number of para-hydroxylation sites is 1. The molecular weight excluding hydrogens is 310 g/mol. The van der Waals surface area contributed by atoms with Crippen LogP contribution in [0.5, 0.6) is 0 Å². The Morgan fingerprint density at radius 3 is 2.46 bits per heavy atom. The summed E-state index contributed by atoms with van der Waals surface area (Å²) in [6.07, 6.45) is 0. The Morgan fingerprint density at radius 2 is 1.71 bits per heavy atom. The van der Waals surface area contributed by atoms with E-state index in [0.717, 1.165) is 0 Å². The molecule has 0 saturated carbocycles. The van der Waals surface area contributed by atoms with Crippen molar-refractivity contribution in [1.29, 1.82) is 0 Å². The molecule has 0 unspecified atom stereocenters. The average molecular weight is 323 g/mol. The summed E-state index contributed by atoms with van der Waals surface area (Å²) in [5.74, 6) is -1.13. The highest BCUT2D eigenvalue weighted by molar-refractivity contribution is 6.05. The van der Waals surface area contributed by atoms with Gasteiger partial charge in [0.1, 0.15) is 0 Å². The molecule has 24 heavy (non-hydrogen) atoms. The van der Waals surface area contributed by atoms with E-state index in [-0.39, 0.29) is 17.3 Å². The number of hydrogen-bond acceptors (Lipinski definition) is 6. The van der Waals surface area contributed by atoms with Crippen LogP contribution in [0.15, 0.2) is 59.0 Å². The van der Waals surface area contributed by atoms with Gasteiger partial charge in [-0.05, 0) is 24.3 Å². The van der Waals surface area contributed by atoms with Crippen molar-refractivity contribution in [3.05, 3.63) is 66.1 Å². The lowest BCUT2D eigenvalue weighted by Crippen LogP contribution is -2.15. The quantitative estimate of drug-likeness (QED) is 0.742. The SMILES string of the molecule is COC(=O)c1ccccc1NC(=O)c1nnc(-c2ccccc2)o1. The standard InChI is InChI=1S/C17H13N3O4/c1-23-17(22)12-9-5-6-10-13(12)18-14(21)16-20-19-15(24-16)11-7-3-2-4-8-11/h2-10H,1H3,(H,18,21). The maximum absolute atomic E-state index is 12.3. The number of anilines is 1. The van der Waals surface area contributed by atoms with E-state index in [9.17, 15) is 9.59 Å². The number of esters is 1. The molecule has 0 aliphatic rings. The predicted octanol–water partition coefficient (Wildman–Crippen LogP) is 2.78. The molecule has 0 aliphatic heterocycles. The van der Waals surface area contributed by atoms with Crippen molar-refractivity contribution < 1.29 is 18.7 Å². The lowest BCUT2D eigenvalue weighted by Gasteiger charge is -2.07.